The molecule has 1 unspecified atom stereocenters. The molecule has 1 aliphatic carbocycles. The van der Waals surface area contributed by atoms with E-state index >= 15 is 0 Å². The average Bonchev–Trinajstić information content (AvgIpc) is 3.28. The van der Waals surface area contributed by atoms with Gasteiger partial charge < -0.3 is 10.6 Å². The van der Waals surface area contributed by atoms with Crippen LogP contribution in [-0.4, -0.2) is 33.3 Å². The zero-order valence-electron chi connectivity index (χ0n) is 14.2. The number of amides is 2. The first kappa shape index (κ1) is 15.7. The molecule has 7 nitrogen and oxygen atoms in total. The maximum Gasteiger partial charge on any atom is 0.320 e. The molecular weight excluding hydrogens is 316 g/mol. The number of H-pyrrole nitrogens is 1. The second-order valence-electron chi connectivity index (χ2n) is 6.66. The third kappa shape index (κ3) is 3.35. The summed E-state index contributed by atoms with van der Waals surface area (Å²) in [6.07, 6.45) is 10.2. The molecule has 0 spiro atoms. The summed E-state index contributed by atoms with van der Waals surface area (Å²) in [5, 5.41) is 16.1. The zero-order valence-corrected chi connectivity index (χ0v) is 14.2. The van der Waals surface area contributed by atoms with Gasteiger partial charge in [-0.3, -0.25) is 10.4 Å². The third-order valence-electron chi connectivity index (χ3n) is 4.82. The van der Waals surface area contributed by atoms with Gasteiger partial charge in [0, 0.05) is 23.8 Å². The number of hydrogen-bond acceptors (Lipinski definition) is 4. The van der Waals surface area contributed by atoms with Crippen LogP contribution in [0.1, 0.15) is 43.9 Å². The lowest BCUT2D eigenvalue weighted by molar-refractivity contribution is 0.248. The van der Waals surface area contributed by atoms with Gasteiger partial charge in [-0.15, -0.1) is 0 Å². The second kappa shape index (κ2) is 6.58. The highest BCUT2D eigenvalue weighted by molar-refractivity contribution is 5.92. The number of nitrogens with one attached hydrogen (secondary N) is 4. The molecule has 0 bridgehead atoms. The fraction of sp³-hybridized carbons (Fsp3) is 0.389. The SMILES string of the molecule is CC1Nc2ccc(NC(=O)NC3CCCC3)nc2C=C1c1cn[nH]c1. The molecule has 3 heterocycles. The quantitative estimate of drug-likeness (QED) is 0.691. The number of hydrogen-bond donors (Lipinski definition) is 4. The van der Waals surface area contributed by atoms with Crippen molar-refractivity contribution in [3.05, 3.63) is 35.8 Å². The molecule has 1 fully saturated rings. The van der Waals surface area contributed by atoms with Crippen LogP contribution in [0.4, 0.5) is 16.3 Å². The Balaban J connectivity index is 1.52. The smallest absolute Gasteiger partial charge is 0.320 e. The highest BCUT2D eigenvalue weighted by Gasteiger charge is 2.21. The molecule has 2 aromatic heterocycles. The van der Waals surface area contributed by atoms with Gasteiger partial charge in [-0.2, -0.15) is 5.10 Å². The summed E-state index contributed by atoms with van der Waals surface area (Å²) >= 11 is 0. The molecule has 0 saturated heterocycles. The van der Waals surface area contributed by atoms with Crippen molar-refractivity contribution in [2.24, 2.45) is 0 Å². The second-order valence-corrected chi connectivity index (χ2v) is 6.66. The summed E-state index contributed by atoms with van der Waals surface area (Å²) in [4.78, 5) is 16.7. The van der Waals surface area contributed by atoms with Gasteiger partial charge >= 0.3 is 6.03 Å². The lowest BCUT2D eigenvalue weighted by atomic mass is 9.97. The van der Waals surface area contributed by atoms with Crippen molar-refractivity contribution in [2.75, 3.05) is 10.6 Å². The number of carbonyl (C=O) groups excluding carboxylic acids is 1. The maximum atomic E-state index is 12.1. The molecule has 1 saturated carbocycles. The predicted octanol–water partition coefficient (Wildman–Crippen LogP) is 3.22. The molecule has 25 heavy (non-hydrogen) atoms. The minimum atomic E-state index is -0.185. The van der Waals surface area contributed by atoms with Crippen molar-refractivity contribution in [3.8, 4) is 0 Å². The van der Waals surface area contributed by atoms with Gasteiger partial charge in [-0.05, 0) is 43.5 Å². The molecule has 0 radical (unpaired) electrons. The van der Waals surface area contributed by atoms with E-state index in [1.54, 1.807) is 6.20 Å². The maximum absolute atomic E-state index is 12.1. The number of nitrogens with zero attached hydrogens (tertiary/aromatic N) is 2. The van der Waals surface area contributed by atoms with Gasteiger partial charge in [0.1, 0.15) is 5.82 Å². The molecule has 0 aromatic carbocycles. The monoisotopic (exact) mass is 338 g/mol. The zero-order chi connectivity index (χ0) is 17.2. The van der Waals surface area contributed by atoms with Crippen LogP contribution in [0.2, 0.25) is 0 Å². The number of aromatic nitrogens is 3. The normalized spacial score (nSPS) is 19.7. The molecule has 130 valence electrons. The van der Waals surface area contributed by atoms with Gasteiger partial charge in [0.05, 0.1) is 17.6 Å². The number of carbonyl (C=O) groups is 1. The van der Waals surface area contributed by atoms with Crippen LogP contribution in [0.5, 0.6) is 0 Å². The Labute approximate surface area is 146 Å². The van der Waals surface area contributed by atoms with Crippen molar-refractivity contribution in [3.63, 3.8) is 0 Å². The molecule has 4 N–H and O–H groups in total. The lowest BCUT2D eigenvalue weighted by Crippen LogP contribution is -2.36. The van der Waals surface area contributed by atoms with E-state index < -0.39 is 0 Å². The highest BCUT2D eigenvalue weighted by Crippen LogP contribution is 2.31. The van der Waals surface area contributed by atoms with Crippen LogP contribution in [0.3, 0.4) is 0 Å². The van der Waals surface area contributed by atoms with Crippen LogP contribution in [0, 0.1) is 0 Å². The van der Waals surface area contributed by atoms with E-state index in [0.717, 1.165) is 35.4 Å². The van der Waals surface area contributed by atoms with E-state index in [4.69, 9.17) is 0 Å². The fourth-order valence-electron chi connectivity index (χ4n) is 3.51. The number of urea groups is 1. The lowest BCUT2D eigenvalue weighted by Gasteiger charge is -2.24. The summed E-state index contributed by atoms with van der Waals surface area (Å²) in [5.74, 6) is 0.549. The number of aromatic amines is 1. The molecule has 2 aromatic rings. The van der Waals surface area contributed by atoms with Crippen molar-refractivity contribution < 1.29 is 4.79 Å². The van der Waals surface area contributed by atoms with Gasteiger partial charge in [0.15, 0.2) is 0 Å². The Kier molecular flexibility index (Phi) is 4.13. The molecule has 1 aliphatic heterocycles. The van der Waals surface area contributed by atoms with E-state index in [1.165, 1.54) is 12.8 Å². The fourth-order valence-corrected chi connectivity index (χ4v) is 3.51. The Morgan fingerprint density at radius 1 is 1.28 bits per heavy atom. The summed E-state index contributed by atoms with van der Waals surface area (Å²) < 4.78 is 0. The van der Waals surface area contributed by atoms with Gasteiger partial charge in [-0.25, -0.2) is 9.78 Å². The van der Waals surface area contributed by atoms with Crippen LogP contribution < -0.4 is 16.0 Å². The average molecular weight is 338 g/mol. The number of anilines is 2. The Bertz CT molecular complexity index is 792. The van der Waals surface area contributed by atoms with Gasteiger partial charge in [0.2, 0.25) is 0 Å². The van der Waals surface area contributed by atoms with Crippen molar-refractivity contribution in [1.82, 2.24) is 20.5 Å². The van der Waals surface area contributed by atoms with E-state index in [2.05, 4.69) is 38.1 Å². The van der Waals surface area contributed by atoms with E-state index in [9.17, 15) is 4.79 Å². The van der Waals surface area contributed by atoms with Crippen molar-refractivity contribution >= 4 is 29.2 Å². The molecule has 2 aliphatic rings. The first-order valence-electron chi connectivity index (χ1n) is 8.75. The van der Waals surface area contributed by atoms with Gasteiger partial charge in [-0.1, -0.05) is 12.8 Å². The Hall–Kier alpha value is -2.83. The largest absolute Gasteiger partial charge is 0.377 e. The molecule has 2 amide bonds. The number of fused-ring (bicyclic) bond motifs is 1. The number of pyridine rings is 1. The van der Waals surface area contributed by atoms with Crippen LogP contribution in [0.15, 0.2) is 24.5 Å². The summed E-state index contributed by atoms with van der Waals surface area (Å²) in [5.41, 5.74) is 3.92. The first-order valence-corrected chi connectivity index (χ1v) is 8.75. The van der Waals surface area contributed by atoms with Crippen LogP contribution in [-0.2, 0) is 0 Å². The molecule has 7 heteroatoms. The minimum absolute atomic E-state index is 0.163. The first-order chi connectivity index (χ1) is 12.2. The third-order valence-corrected chi connectivity index (χ3v) is 4.82. The van der Waals surface area contributed by atoms with Crippen molar-refractivity contribution in [1.29, 1.82) is 0 Å². The highest BCUT2D eigenvalue weighted by atomic mass is 16.2. The summed E-state index contributed by atoms with van der Waals surface area (Å²) in [7, 11) is 0. The summed E-state index contributed by atoms with van der Waals surface area (Å²) in [6, 6.07) is 4.04. The Morgan fingerprint density at radius 3 is 2.88 bits per heavy atom. The molecular formula is C18H22N6O. The Morgan fingerprint density at radius 2 is 2.12 bits per heavy atom. The summed E-state index contributed by atoms with van der Waals surface area (Å²) in [6.45, 7) is 2.10. The minimum Gasteiger partial charge on any atom is -0.377 e. The predicted molar refractivity (Wildman–Crippen MR) is 98.2 cm³/mol. The van der Waals surface area contributed by atoms with E-state index in [0.29, 0.717) is 5.82 Å². The van der Waals surface area contributed by atoms with Gasteiger partial charge in [0.25, 0.3) is 0 Å². The standard InChI is InChI=1S/C18H22N6O/c1-11-14(12-9-19-20-10-12)8-16-15(21-11)6-7-17(23-16)24-18(25)22-13-4-2-3-5-13/h6-11,13,21H,2-5H2,1H3,(H,19,20)(H2,22,23,24,25). The molecule has 1 atom stereocenters. The van der Waals surface area contributed by atoms with Crippen LogP contribution >= 0.6 is 0 Å². The van der Waals surface area contributed by atoms with E-state index in [-0.39, 0.29) is 18.1 Å². The molecule has 4 rings (SSSR count). The van der Waals surface area contributed by atoms with Crippen LogP contribution in [0.25, 0.3) is 11.6 Å². The van der Waals surface area contributed by atoms with Crippen molar-refractivity contribution in [2.45, 2.75) is 44.7 Å². The number of rotatable bonds is 3. The van der Waals surface area contributed by atoms with E-state index in [1.807, 2.05) is 24.4 Å². The topological polar surface area (TPSA) is 94.7 Å².